The summed E-state index contributed by atoms with van der Waals surface area (Å²) in [5, 5.41) is 0. The Labute approximate surface area is 112 Å². The average molecular weight is 287 g/mol. The summed E-state index contributed by atoms with van der Waals surface area (Å²) in [5.74, 6) is -0.854. The third kappa shape index (κ3) is 3.75. The van der Waals surface area contributed by atoms with Gasteiger partial charge in [-0.05, 0) is 12.8 Å². The van der Waals surface area contributed by atoms with Gasteiger partial charge in [-0.2, -0.15) is 0 Å². The van der Waals surface area contributed by atoms with Gasteiger partial charge in [-0.1, -0.05) is 18.2 Å². The molecule has 0 radical (unpaired) electrons. The van der Waals surface area contributed by atoms with Crippen molar-refractivity contribution >= 4 is 9.84 Å². The van der Waals surface area contributed by atoms with E-state index in [-0.39, 0.29) is 29.7 Å². The summed E-state index contributed by atoms with van der Waals surface area (Å²) in [6.45, 7) is 0.669. The summed E-state index contributed by atoms with van der Waals surface area (Å²) >= 11 is 0. The van der Waals surface area contributed by atoms with Gasteiger partial charge in [0.2, 0.25) is 0 Å². The fourth-order valence-electron chi connectivity index (χ4n) is 2.26. The molecule has 106 valence electrons. The maximum Gasteiger partial charge on any atom is 0.157 e. The van der Waals surface area contributed by atoms with Gasteiger partial charge < -0.3 is 10.5 Å². The first-order valence-corrected chi connectivity index (χ1v) is 8.12. The van der Waals surface area contributed by atoms with Crippen LogP contribution >= 0.6 is 0 Å². The molecule has 1 fully saturated rings. The van der Waals surface area contributed by atoms with Gasteiger partial charge in [0.05, 0.1) is 17.6 Å². The lowest BCUT2D eigenvalue weighted by Gasteiger charge is -2.11. The van der Waals surface area contributed by atoms with E-state index in [0.29, 0.717) is 12.2 Å². The van der Waals surface area contributed by atoms with Crippen LogP contribution in [0.3, 0.4) is 0 Å². The van der Waals surface area contributed by atoms with Gasteiger partial charge in [0.15, 0.2) is 9.84 Å². The van der Waals surface area contributed by atoms with Crippen molar-refractivity contribution in [3.8, 4) is 0 Å². The van der Waals surface area contributed by atoms with Crippen LogP contribution in [-0.4, -0.2) is 26.9 Å². The highest BCUT2D eigenvalue weighted by atomic mass is 32.2. The molecule has 1 unspecified atom stereocenters. The molecule has 1 heterocycles. The Hall–Kier alpha value is -0.980. The number of hydrogen-bond acceptors (Lipinski definition) is 4. The first kappa shape index (κ1) is 14.4. The maximum absolute atomic E-state index is 13.9. The Bertz CT molecular complexity index is 539. The second-order valence-corrected chi connectivity index (χ2v) is 6.89. The van der Waals surface area contributed by atoms with Crippen molar-refractivity contribution in [2.75, 3.05) is 12.4 Å². The number of ether oxygens (including phenoxy) is 1. The molecule has 1 aliphatic rings. The highest BCUT2D eigenvalue weighted by Crippen LogP contribution is 2.19. The van der Waals surface area contributed by atoms with E-state index in [1.807, 2.05) is 0 Å². The number of benzene rings is 1. The first-order valence-electron chi connectivity index (χ1n) is 6.30. The molecular formula is C13H18FNO3S. The summed E-state index contributed by atoms with van der Waals surface area (Å²) in [6.07, 6.45) is 1.40. The monoisotopic (exact) mass is 287 g/mol. The van der Waals surface area contributed by atoms with Crippen molar-refractivity contribution in [2.45, 2.75) is 31.2 Å². The van der Waals surface area contributed by atoms with Crippen LogP contribution < -0.4 is 5.73 Å². The van der Waals surface area contributed by atoms with Crippen molar-refractivity contribution in [1.82, 2.24) is 0 Å². The lowest BCUT2D eigenvalue weighted by atomic mass is 10.1. The zero-order valence-electron chi connectivity index (χ0n) is 10.6. The standard InChI is InChI=1S/C13H18FNO3S/c14-13-10(7-15)3-1-4-11(13)8-19(16,17)9-12-5-2-6-18-12/h1,3-4,12H,2,5-9,15H2. The molecule has 1 atom stereocenters. The highest BCUT2D eigenvalue weighted by molar-refractivity contribution is 7.90. The van der Waals surface area contributed by atoms with E-state index in [4.69, 9.17) is 10.5 Å². The molecular weight excluding hydrogens is 269 g/mol. The minimum absolute atomic E-state index is 0.0424. The molecule has 0 aromatic heterocycles. The Balaban J connectivity index is 2.11. The number of sulfone groups is 1. The predicted octanol–water partition coefficient (Wildman–Crippen LogP) is 1.38. The number of hydrogen-bond donors (Lipinski definition) is 1. The van der Waals surface area contributed by atoms with E-state index < -0.39 is 15.7 Å². The fraction of sp³-hybridized carbons (Fsp3) is 0.538. The van der Waals surface area contributed by atoms with E-state index in [0.717, 1.165) is 12.8 Å². The summed E-state index contributed by atoms with van der Waals surface area (Å²) in [7, 11) is -3.37. The highest BCUT2D eigenvalue weighted by Gasteiger charge is 2.24. The quantitative estimate of drug-likeness (QED) is 0.888. The van der Waals surface area contributed by atoms with Gasteiger partial charge in [0.1, 0.15) is 5.82 Å². The molecule has 1 aliphatic heterocycles. The third-order valence-corrected chi connectivity index (χ3v) is 4.85. The minimum atomic E-state index is -3.37. The molecule has 0 bridgehead atoms. The number of rotatable bonds is 5. The van der Waals surface area contributed by atoms with Crippen molar-refractivity contribution in [3.05, 3.63) is 35.1 Å². The molecule has 1 aromatic rings. The third-order valence-electron chi connectivity index (χ3n) is 3.22. The van der Waals surface area contributed by atoms with E-state index in [2.05, 4.69) is 0 Å². The summed E-state index contributed by atoms with van der Waals surface area (Å²) in [6, 6.07) is 4.68. The first-order chi connectivity index (χ1) is 9.02. The molecule has 2 N–H and O–H groups in total. The van der Waals surface area contributed by atoms with Gasteiger partial charge in [0, 0.05) is 24.3 Å². The van der Waals surface area contributed by atoms with Crippen LogP contribution in [0.4, 0.5) is 4.39 Å². The smallest absolute Gasteiger partial charge is 0.157 e. The van der Waals surface area contributed by atoms with Gasteiger partial charge in [-0.25, -0.2) is 12.8 Å². The Morgan fingerprint density at radius 2 is 2.11 bits per heavy atom. The topological polar surface area (TPSA) is 69.4 Å². The van der Waals surface area contributed by atoms with Gasteiger partial charge in [-0.15, -0.1) is 0 Å². The summed E-state index contributed by atoms with van der Waals surface area (Å²) < 4.78 is 43.3. The zero-order chi connectivity index (χ0) is 13.9. The van der Waals surface area contributed by atoms with Crippen LogP contribution in [0.15, 0.2) is 18.2 Å². The lowest BCUT2D eigenvalue weighted by molar-refractivity contribution is 0.127. The largest absolute Gasteiger partial charge is 0.377 e. The predicted molar refractivity (Wildman–Crippen MR) is 70.8 cm³/mol. The van der Waals surface area contributed by atoms with Crippen LogP contribution in [0.25, 0.3) is 0 Å². The van der Waals surface area contributed by atoms with Crippen molar-refractivity contribution in [3.63, 3.8) is 0 Å². The SMILES string of the molecule is NCc1cccc(CS(=O)(=O)CC2CCCO2)c1F. The van der Waals surface area contributed by atoms with E-state index in [1.165, 1.54) is 6.07 Å². The molecule has 6 heteroatoms. The Morgan fingerprint density at radius 3 is 2.74 bits per heavy atom. The molecule has 19 heavy (non-hydrogen) atoms. The van der Waals surface area contributed by atoms with Crippen molar-refractivity contribution in [2.24, 2.45) is 5.73 Å². The Morgan fingerprint density at radius 1 is 1.37 bits per heavy atom. The van der Waals surface area contributed by atoms with Crippen LogP contribution in [-0.2, 0) is 26.9 Å². The molecule has 0 aliphatic carbocycles. The van der Waals surface area contributed by atoms with Crippen LogP contribution in [0.1, 0.15) is 24.0 Å². The maximum atomic E-state index is 13.9. The molecule has 0 spiro atoms. The lowest BCUT2D eigenvalue weighted by Crippen LogP contribution is -2.22. The summed E-state index contributed by atoms with van der Waals surface area (Å²) in [5.41, 5.74) is 5.93. The van der Waals surface area contributed by atoms with E-state index in [9.17, 15) is 12.8 Å². The molecule has 1 saturated heterocycles. The second-order valence-electron chi connectivity index (χ2n) is 4.78. The molecule has 1 aromatic carbocycles. The molecule has 0 amide bonds. The van der Waals surface area contributed by atoms with Crippen LogP contribution in [0.5, 0.6) is 0 Å². The minimum Gasteiger partial charge on any atom is -0.377 e. The number of halogens is 1. The normalized spacial score (nSPS) is 19.8. The second kappa shape index (κ2) is 5.98. The van der Waals surface area contributed by atoms with Crippen LogP contribution in [0, 0.1) is 5.82 Å². The van der Waals surface area contributed by atoms with Gasteiger partial charge >= 0.3 is 0 Å². The molecule has 4 nitrogen and oxygen atoms in total. The van der Waals surface area contributed by atoms with E-state index in [1.54, 1.807) is 12.1 Å². The van der Waals surface area contributed by atoms with Crippen molar-refractivity contribution < 1.29 is 17.5 Å². The Kier molecular flexibility index (Phi) is 4.54. The fourth-order valence-corrected chi connectivity index (χ4v) is 3.90. The van der Waals surface area contributed by atoms with Crippen LogP contribution in [0.2, 0.25) is 0 Å². The summed E-state index contributed by atoms with van der Waals surface area (Å²) in [4.78, 5) is 0. The molecule has 2 rings (SSSR count). The zero-order valence-corrected chi connectivity index (χ0v) is 11.5. The molecule has 0 saturated carbocycles. The average Bonchev–Trinajstić information content (AvgIpc) is 2.83. The van der Waals surface area contributed by atoms with Crippen molar-refractivity contribution in [1.29, 1.82) is 0 Å². The van der Waals surface area contributed by atoms with Gasteiger partial charge in [-0.3, -0.25) is 0 Å². The van der Waals surface area contributed by atoms with E-state index >= 15 is 0 Å². The number of nitrogens with two attached hydrogens (primary N) is 1. The van der Waals surface area contributed by atoms with Gasteiger partial charge in [0.25, 0.3) is 0 Å².